The molecule has 0 saturated carbocycles. The lowest BCUT2D eigenvalue weighted by Crippen LogP contribution is -2.34. The molecule has 2 rings (SSSR count). The van der Waals surface area contributed by atoms with Crippen LogP contribution in [0.15, 0.2) is 36.5 Å². The summed E-state index contributed by atoms with van der Waals surface area (Å²) in [5.41, 5.74) is 0.591. The lowest BCUT2D eigenvalue weighted by molar-refractivity contribution is 0.0589. The highest BCUT2D eigenvalue weighted by Crippen LogP contribution is 2.33. The van der Waals surface area contributed by atoms with Crippen molar-refractivity contribution in [2.24, 2.45) is 0 Å². The minimum atomic E-state index is -0.595. The second-order valence-electron chi connectivity index (χ2n) is 6.16. The maximum absolute atomic E-state index is 12.3. The predicted octanol–water partition coefficient (Wildman–Crippen LogP) is 5.50. The Labute approximate surface area is 151 Å². The average molecular weight is 368 g/mol. The smallest absolute Gasteiger partial charge is 0.414 e. The standard InChI is InChI=1S/C17H19Cl2N3O2/c1-17(2,3)24-16(23)22(4)14-10-11(18)7-8-13(14)21-15-12(19)6-5-9-20-15/h5-10H,1-4H3,(H,20,21). The maximum atomic E-state index is 12.3. The van der Waals surface area contributed by atoms with Gasteiger partial charge in [-0.1, -0.05) is 23.2 Å². The molecule has 5 nitrogen and oxygen atoms in total. The third-order valence-electron chi connectivity index (χ3n) is 3.00. The summed E-state index contributed by atoms with van der Waals surface area (Å²) in [7, 11) is 1.62. The number of nitrogens with one attached hydrogen (secondary N) is 1. The molecule has 0 aliphatic rings. The van der Waals surface area contributed by atoms with E-state index in [1.165, 1.54) is 4.90 Å². The zero-order valence-corrected chi connectivity index (χ0v) is 15.4. The Morgan fingerprint density at radius 3 is 2.58 bits per heavy atom. The quantitative estimate of drug-likeness (QED) is 0.777. The molecule has 0 spiro atoms. The molecule has 1 amide bonds. The number of carbonyl (C=O) groups excluding carboxylic acids is 1. The normalized spacial score (nSPS) is 11.1. The topological polar surface area (TPSA) is 54.5 Å². The Balaban J connectivity index is 2.34. The molecule has 24 heavy (non-hydrogen) atoms. The average Bonchev–Trinajstić information content (AvgIpc) is 2.48. The fourth-order valence-corrected chi connectivity index (χ4v) is 2.26. The predicted molar refractivity (Wildman–Crippen MR) is 98.6 cm³/mol. The van der Waals surface area contributed by atoms with E-state index in [0.29, 0.717) is 27.2 Å². The molecule has 0 saturated heterocycles. The number of hydrogen-bond acceptors (Lipinski definition) is 4. The fourth-order valence-electron chi connectivity index (χ4n) is 1.92. The molecule has 7 heteroatoms. The first-order valence-electron chi connectivity index (χ1n) is 7.31. The summed E-state index contributed by atoms with van der Waals surface area (Å²) < 4.78 is 5.40. The SMILES string of the molecule is CN(C(=O)OC(C)(C)C)c1cc(Cl)ccc1Nc1ncccc1Cl. The molecular weight excluding hydrogens is 349 g/mol. The van der Waals surface area contributed by atoms with Gasteiger partial charge in [0.2, 0.25) is 0 Å². The Kier molecular flexibility index (Phi) is 5.57. The highest BCUT2D eigenvalue weighted by Gasteiger charge is 2.22. The maximum Gasteiger partial charge on any atom is 0.414 e. The zero-order valence-electron chi connectivity index (χ0n) is 13.9. The summed E-state index contributed by atoms with van der Waals surface area (Å²) >= 11 is 12.2. The van der Waals surface area contributed by atoms with E-state index in [-0.39, 0.29) is 0 Å². The van der Waals surface area contributed by atoms with Crippen LogP contribution in [0.1, 0.15) is 20.8 Å². The molecule has 128 valence electrons. The van der Waals surface area contributed by atoms with E-state index in [9.17, 15) is 4.79 Å². The van der Waals surface area contributed by atoms with Crippen molar-refractivity contribution in [3.63, 3.8) is 0 Å². The number of halogens is 2. The van der Waals surface area contributed by atoms with Gasteiger partial charge in [0.05, 0.1) is 16.4 Å². The van der Waals surface area contributed by atoms with Crippen molar-refractivity contribution in [3.05, 3.63) is 46.6 Å². The highest BCUT2D eigenvalue weighted by atomic mass is 35.5. The van der Waals surface area contributed by atoms with E-state index < -0.39 is 11.7 Å². The summed E-state index contributed by atoms with van der Waals surface area (Å²) in [5.74, 6) is 0.486. The van der Waals surface area contributed by atoms with Crippen molar-refractivity contribution in [3.8, 4) is 0 Å². The van der Waals surface area contributed by atoms with Crippen molar-refractivity contribution in [2.45, 2.75) is 26.4 Å². The van der Waals surface area contributed by atoms with Crippen LogP contribution < -0.4 is 10.2 Å². The van der Waals surface area contributed by atoms with E-state index in [0.717, 1.165) is 0 Å². The van der Waals surface area contributed by atoms with E-state index in [1.807, 2.05) is 20.8 Å². The largest absolute Gasteiger partial charge is 0.443 e. The van der Waals surface area contributed by atoms with Gasteiger partial charge in [-0.05, 0) is 51.1 Å². The van der Waals surface area contributed by atoms with Gasteiger partial charge in [-0.2, -0.15) is 0 Å². The summed E-state index contributed by atoms with van der Waals surface area (Å²) in [6, 6.07) is 8.61. The molecule has 2 aromatic rings. The van der Waals surface area contributed by atoms with E-state index >= 15 is 0 Å². The van der Waals surface area contributed by atoms with Crippen LogP contribution in [0.4, 0.5) is 22.0 Å². The van der Waals surface area contributed by atoms with Crippen LogP contribution in [0.5, 0.6) is 0 Å². The second kappa shape index (κ2) is 7.28. The molecule has 0 aliphatic carbocycles. The molecule has 1 heterocycles. The molecule has 0 unspecified atom stereocenters. The Morgan fingerprint density at radius 1 is 1.25 bits per heavy atom. The van der Waals surface area contributed by atoms with Gasteiger partial charge >= 0.3 is 6.09 Å². The minimum Gasteiger partial charge on any atom is -0.443 e. The first-order chi connectivity index (χ1) is 11.2. The van der Waals surface area contributed by atoms with Crippen LogP contribution in [0.25, 0.3) is 0 Å². The van der Waals surface area contributed by atoms with E-state index in [2.05, 4.69) is 10.3 Å². The van der Waals surface area contributed by atoms with Crippen molar-refractivity contribution in [1.29, 1.82) is 0 Å². The van der Waals surface area contributed by atoms with Crippen LogP contribution in [-0.2, 0) is 4.74 Å². The van der Waals surface area contributed by atoms with Crippen LogP contribution in [0.2, 0.25) is 10.0 Å². The van der Waals surface area contributed by atoms with E-state index in [1.54, 1.807) is 43.6 Å². The van der Waals surface area contributed by atoms with Crippen LogP contribution >= 0.6 is 23.2 Å². The number of nitrogens with zero attached hydrogens (tertiary/aromatic N) is 2. The van der Waals surface area contributed by atoms with Crippen LogP contribution in [0.3, 0.4) is 0 Å². The lowest BCUT2D eigenvalue weighted by atomic mass is 10.2. The Hall–Kier alpha value is -1.98. The van der Waals surface area contributed by atoms with Gasteiger partial charge < -0.3 is 10.1 Å². The third kappa shape index (κ3) is 4.76. The molecule has 0 fully saturated rings. The Bertz CT molecular complexity index is 745. The number of aromatic nitrogens is 1. The van der Waals surface area contributed by atoms with Gasteiger partial charge in [-0.15, -0.1) is 0 Å². The first-order valence-corrected chi connectivity index (χ1v) is 8.07. The number of hydrogen-bond donors (Lipinski definition) is 1. The second-order valence-corrected chi connectivity index (χ2v) is 7.00. The lowest BCUT2D eigenvalue weighted by Gasteiger charge is -2.26. The van der Waals surface area contributed by atoms with E-state index in [4.69, 9.17) is 27.9 Å². The van der Waals surface area contributed by atoms with Gasteiger partial charge in [-0.25, -0.2) is 9.78 Å². The number of pyridine rings is 1. The number of anilines is 3. The summed E-state index contributed by atoms with van der Waals surface area (Å²) in [5, 5.41) is 4.08. The van der Waals surface area contributed by atoms with Crippen LogP contribution in [-0.4, -0.2) is 23.7 Å². The van der Waals surface area contributed by atoms with Gasteiger partial charge in [-0.3, -0.25) is 4.90 Å². The zero-order chi connectivity index (χ0) is 17.9. The summed E-state index contributed by atoms with van der Waals surface area (Å²) in [4.78, 5) is 17.9. The number of benzene rings is 1. The summed E-state index contributed by atoms with van der Waals surface area (Å²) in [6.45, 7) is 5.43. The van der Waals surface area contributed by atoms with Gasteiger partial charge in [0.25, 0.3) is 0 Å². The third-order valence-corrected chi connectivity index (χ3v) is 3.54. The van der Waals surface area contributed by atoms with Crippen molar-refractivity contribution < 1.29 is 9.53 Å². The van der Waals surface area contributed by atoms with Crippen molar-refractivity contribution >= 4 is 46.5 Å². The van der Waals surface area contributed by atoms with Crippen molar-refractivity contribution in [2.75, 3.05) is 17.3 Å². The van der Waals surface area contributed by atoms with Crippen LogP contribution in [0, 0.1) is 0 Å². The monoisotopic (exact) mass is 367 g/mol. The molecule has 0 radical (unpaired) electrons. The number of rotatable bonds is 3. The molecule has 0 aliphatic heterocycles. The van der Waals surface area contributed by atoms with Crippen molar-refractivity contribution in [1.82, 2.24) is 4.98 Å². The van der Waals surface area contributed by atoms with Gasteiger partial charge in [0, 0.05) is 18.3 Å². The molecule has 1 aromatic heterocycles. The summed E-state index contributed by atoms with van der Waals surface area (Å²) in [6.07, 6.45) is 1.14. The molecule has 1 N–H and O–H groups in total. The number of amides is 1. The number of carbonyl (C=O) groups is 1. The number of ether oxygens (including phenoxy) is 1. The molecular formula is C17H19Cl2N3O2. The Morgan fingerprint density at radius 2 is 1.96 bits per heavy atom. The van der Waals surface area contributed by atoms with Gasteiger partial charge in [0.1, 0.15) is 11.4 Å². The van der Waals surface area contributed by atoms with Gasteiger partial charge in [0.15, 0.2) is 0 Å². The first kappa shape index (κ1) is 18.4. The molecule has 0 atom stereocenters. The highest BCUT2D eigenvalue weighted by molar-refractivity contribution is 6.33. The molecule has 0 bridgehead atoms. The minimum absolute atomic E-state index is 0.471. The fraction of sp³-hybridized carbons (Fsp3) is 0.294. The molecule has 1 aromatic carbocycles.